The van der Waals surface area contributed by atoms with Crippen molar-refractivity contribution in [2.24, 2.45) is 11.7 Å². The van der Waals surface area contributed by atoms with Crippen LogP contribution in [0, 0.1) is 5.92 Å². The van der Waals surface area contributed by atoms with Gasteiger partial charge in [-0.1, -0.05) is 24.3 Å². The van der Waals surface area contributed by atoms with E-state index in [-0.39, 0.29) is 28.4 Å². The zero-order valence-corrected chi connectivity index (χ0v) is 11.9. The fourth-order valence-corrected chi connectivity index (χ4v) is 2.95. The van der Waals surface area contributed by atoms with Crippen LogP contribution < -0.4 is 15.8 Å². The third-order valence-electron chi connectivity index (χ3n) is 3.16. The Kier molecular flexibility index (Phi) is 4.22. The van der Waals surface area contributed by atoms with Crippen molar-refractivity contribution >= 4 is 21.6 Å². The van der Waals surface area contributed by atoms with Crippen LogP contribution in [0.25, 0.3) is 0 Å². The quantitative estimate of drug-likeness (QED) is 0.701. The highest BCUT2D eigenvalue weighted by Crippen LogP contribution is 2.23. The average molecular weight is 295 g/mol. The van der Waals surface area contributed by atoms with Crippen LogP contribution in [0.5, 0.6) is 0 Å². The van der Waals surface area contributed by atoms with Crippen LogP contribution in [0.3, 0.4) is 0 Å². The number of anilines is 1. The molecule has 0 spiro atoms. The fraction of sp³-hybridized carbons (Fsp3) is 0.308. The van der Waals surface area contributed by atoms with E-state index in [9.17, 15) is 13.2 Å². The molecule has 20 heavy (non-hydrogen) atoms. The first-order chi connectivity index (χ1) is 9.44. The summed E-state index contributed by atoms with van der Waals surface area (Å²) < 4.78 is 26.0. The van der Waals surface area contributed by atoms with Gasteiger partial charge in [0.2, 0.25) is 15.9 Å². The maximum absolute atomic E-state index is 12.1. The maximum atomic E-state index is 12.1. The number of hydrogen-bond acceptors (Lipinski definition) is 4. The third-order valence-corrected chi connectivity index (χ3v) is 4.63. The van der Waals surface area contributed by atoms with Gasteiger partial charge >= 0.3 is 0 Å². The van der Waals surface area contributed by atoms with E-state index in [2.05, 4.69) is 10.0 Å². The van der Waals surface area contributed by atoms with Crippen molar-refractivity contribution in [3.8, 4) is 0 Å². The number of carbonyl (C=O) groups is 1. The number of para-hydroxylation sites is 1. The van der Waals surface area contributed by atoms with Gasteiger partial charge < -0.3 is 11.1 Å². The molecule has 0 bridgehead atoms. The van der Waals surface area contributed by atoms with Crippen molar-refractivity contribution in [1.82, 2.24) is 4.72 Å². The van der Waals surface area contributed by atoms with E-state index in [4.69, 9.17) is 5.73 Å². The van der Waals surface area contributed by atoms with Gasteiger partial charge in [0.15, 0.2) is 0 Å². The molecule has 0 fully saturated rings. The molecular weight excluding hydrogens is 278 g/mol. The monoisotopic (exact) mass is 295 g/mol. The highest BCUT2D eigenvalue weighted by atomic mass is 32.2. The van der Waals surface area contributed by atoms with E-state index in [0.717, 1.165) is 0 Å². The predicted molar refractivity (Wildman–Crippen MR) is 76.5 cm³/mol. The Balaban J connectivity index is 2.22. The number of nitrogens with one attached hydrogen (secondary N) is 2. The van der Waals surface area contributed by atoms with Crippen molar-refractivity contribution in [1.29, 1.82) is 0 Å². The van der Waals surface area contributed by atoms with Gasteiger partial charge in [0.05, 0.1) is 11.6 Å². The first-order valence-corrected chi connectivity index (χ1v) is 7.69. The lowest BCUT2D eigenvalue weighted by Gasteiger charge is -2.13. The van der Waals surface area contributed by atoms with E-state index in [1.807, 2.05) is 0 Å². The van der Waals surface area contributed by atoms with Gasteiger partial charge in [-0.15, -0.1) is 0 Å². The summed E-state index contributed by atoms with van der Waals surface area (Å²) in [6.45, 7) is 0. The molecule has 0 heterocycles. The molecule has 2 atom stereocenters. The summed E-state index contributed by atoms with van der Waals surface area (Å²) >= 11 is 0. The minimum Gasteiger partial charge on any atom is -0.324 e. The Hall–Kier alpha value is -1.70. The smallest absolute Gasteiger partial charge is 0.242 e. The van der Waals surface area contributed by atoms with E-state index < -0.39 is 10.0 Å². The Morgan fingerprint density at radius 2 is 2.00 bits per heavy atom. The second-order valence-corrected chi connectivity index (χ2v) is 6.44. The van der Waals surface area contributed by atoms with E-state index >= 15 is 0 Å². The molecule has 6 nitrogen and oxygen atoms in total. The lowest BCUT2D eigenvalue weighted by molar-refractivity contribution is -0.118. The molecule has 1 aromatic carbocycles. The molecule has 0 saturated heterocycles. The SMILES string of the molecule is CNS(=O)(=O)c1ccccc1NC(=O)C1C=CC(N)C1. The highest BCUT2D eigenvalue weighted by molar-refractivity contribution is 7.89. The molecule has 1 aliphatic rings. The molecule has 7 heteroatoms. The van der Waals surface area contributed by atoms with Crippen LogP contribution in [-0.4, -0.2) is 27.4 Å². The molecule has 2 unspecified atom stereocenters. The van der Waals surface area contributed by atoms with Crippen LogP contribution in [0.15, 0.2) is 41.3 Å². The van der Waals surface area contributed by atoms with E-state index in [1.165, 1.54) is 13.1 Å². The minimum absolute atomic E-state index is 0.0436. The minimum atomic E-state index is -3.62. The Bertz CT molecular complexity index is 640. The summed E-state index contributed by atoms with van der Waals surface area (Å²) in [5.41, 5.74) is 5.97. The Labute approximate surface area is 118 Å². The van der Waals surface area contributed by atoms with Gasteiger partial charge in [-0.3, -0.25) is 4.79 Å². The van der Waals surface area contributed by atoms with Gasteiger partial charge in [-0.25, -0.2) is 13.1 Å². The molecule has 0 aliphatic heterocycles. The zero-order chi connectivity index (χ0) is 14.8. The van der Waals surface area contributed by atoms with Gasteiger partial charge in [0.1, 0.15) is 4.90 Å². The number of benzene rings is 1. The molecule has 4 N–H and O–H groups in total. The lowest BCUT2D eigenvalue weighted by Crippen LogP contribution is -2.26. The molecule has 2 rings (SSSR count). The Morgan fingerprint density at radius 3 is 2.60 bits per heavy atom. The van der Waals surface area contributed by atoms with Crippen molar-refractivity contribution in [2.75, 3.05) is 12.4 Å². The lowest BCUT2D eigenvalue weighted by atomic mass is 10.1. The van der Waals surface area contributed by atoms with E-state index in [1.54, 1.807) is 30.4 Å². The largest absolute Gasteiger partial charge is 0.324 e. The van der Waals surface area contributed by atoms with Crippen LogP contribution in [0.4, 0.5) is 5.69 Å². The molecular formula is C13H17N3O3S. The van der Waals surface area contributed by atoms with Gasteiger partial charge in [-0.2, -0.15) is 0 Å². The van der Waals surface area contributed by atoms with Crippen LogP contribution in [-0.2, 0) is 14.8 Å². The number of nitrogens with two attached hydrogens (primary N) is 1. The summed E-state index contributed by atoms with van der Waals surface area (Å²) in [5.74, 6) is -0.580. The summed E-state index contributed by atoms with van der Waals surface area (Å²) in [4.78, 5) is 12.1. The topological polar surface area (TPSA) is 101 Å². The predicted octanol–water partition coefficient (Wildman–Crippen LogP) is 0.437. The molecule has 1 amide bonds. The van der Waals surface area contributed by atoms with Crippen LogP contribution in [0.2, 0.25) is 0 Å². The normalized spacial score (nSPS) is 21.9. The second-order valence-electron chi connectivity index (χ2n) is 4.58. The maximum Gasteiger partial charge on any atom is 0.242 e. The molecule has 0 saturated carbocycles. The third kappa shape index (κ3) is 3.06. The van der Waals surface area contributed by atoms with Crippen molar-refractivity contribution in [2.45, 2.75) is 17.4 Å². The van der Waals surface area contributed by atoms with Crippen LogP contribution in [0.1, 0.15) is 6.42 Å². The number of hydrogen-bond donors (Lipinski definition) is 3. The number of rotatable bonds is 4. The second kappa shape index (κ2) is 5.74. The highest BCUT2D eigenvalue weighted by Gasteiger charge is 2.24. The standard InChI is InChI=1S/C13H17N3O3S/c1-15-20(18,19)12-5-3-2-4-11(12)16-13(17)9-6-7-10(14)8-9/h2-7,9-10,15H,8,14H2,1H3,(H,16,17). The first kappa shape index (κ1) is 14.7. The molecule has 1 aliphatic carbocycles. The van der Waals surface area contributed by atoms with Gasteiger partial charge in [0.25, 0.3) is 0 Å². The van der Waals surface area contributed by atoms with Crippen molar-refractivity contribution < 1.29 is 13.2 Å². The number of carbonyl (C=O) groups excluding carboxylic acids is 1. The van der Waals surface area contributed by atoms with Gasteiger partial charge in [0, 0.05) is 6.04 Å². The van der Waals surface area contributed by atoms with Crippen molar-refractivity contribution in [3.63, 3.8) is 0 Å². The number of amides is 1. The Morgan fingerprint density at radius 1 is 1.30 bits per heavy atom. The number of sulfonamides is 1. The molecule has 108 valence electrons. The van der Waals surface area contributed by atoms with Gasteiger partial charge in [-0.05, 0) is 25.6 Å². The zero-order valence-electron chi connectivity index (χ0n) is 11.0. The molecule has 1 aromatic rings. The summed E-state index contributed by atoms with van der Waals surface area (Å²) in [7, 11) is -2.29. The van der Waals surface area contributed by atoms with E-state index in [0.29, 0.717) is 6.42 Å². The first-order valence-electron chi connectivity index (χ1n) is 6.21. The molecule has 0 aromatic heterocycles. The summed E-state index contributed by atoms with van der Waals surface area (Å²) in [6.07, 6.45) is 4.06. The fourth-order valence-electron chi connectivity index (χ4n) is 2.06. The van der Waals surface area contributed by atoms with Crippen molar-refractivity contribution in [3.05, 3.63) is 36.4 Å². The summed E-state index contributed by atoms with van der Waals surface area (Å²) in [6, 6.07) is 6.14. The summed E-state index contributed by atoms with van der Waals surface area (Å²) in [5, 5.41) is 2.65. The van der Waals surface area contributed by atoms with Crippen LogP contribution >= 0.6 is 0 Å². The molecule has 0 radical (unpaired) electrons. The average Bonchev–Trinajstić information content (AvgIpc) is 2.86.